The molecule has 1 aliphatic rings. The maximum absolute atomic E-state index is 10.8. The number of β-amino-alcohol motifs (C(OH)–C–C–N with tert-alkyl or cyclic N) is 1. The summed E-state index contributed by atoms with van der Waals surface area (Å²) in [6.45, 7) is 4.14. The monoisotopic (exact) mass is 284 g/mol. The molecule has 1 saturated heterocycles. The summed E-state index contributed by atoms with van der Waals surface area (Å²) in [7, 11) is 0. The lowest BCUT2D eigenvalue weighted by Gasteiger charge is -2.34. The van der Waals surface area contributed by atoms with Crippen LogP contribution in [0.1, 0.15) is 18.9 Å². The summed E-state index contributed by atoms with van der Waals surface area (Å²) >= 11 is 5.78. The zero-order chi connectivity index (χ0) is 14.0. The normalized spacial score (nSPS) is 24.4. The van der Waals surface area contributed by atoms with E-state index in [1.165, 1.54) is 6.07 Å². The first-order valence-electron chi connectivity index (χ1n) is 6.30. The van der Waals surface area contributed by atoms with Crippen molar-refractivity contribution in [3.63, 3.8) is 0 Å². The van der Waals surface area contributed by atoms with Crippen LogP contribution in [0.3, 0.4) is 0 Å². The number of nitrogens with zero attached hydrogens (tertiary/aromatic N) is 2. The van der Waals surface area contributed by atoms with Crippen LogP contribution in [0.5, 0.6) is 0 Å². The first kappa shape index (κ1) is 14.2. The fraction of sp³-hybridized carbons (Fsp3) is 0.538. The minimum Gasteiger partial charge on any atom is -0.392 e. The predicted molar refractivity (Wildman–Crippen MR) is 73.2 cm³/mol. The van der Waals surface area contributed by atoms with Gasteiger partial charge in [-0.15, -0.1) is 0 Å². The van der Waals surface area contributed by atoms with Gasteiger partial charge in [0.2, 0.25) is 0 Å². The second kappa shape index (κ2) is 5.86. The number of aliphatic hydroxyl groups is 1. The molecule has 0 bridgehead atoms. The van der Waals surface area contributed by atoms with Gasteiger partial charge in [-0.05, 0) is 30.5 Å². The third-order valence-electron chi connectivity index (χ3n) is 3.62. The molecule has 0 radical (unpaired) electrons. The van der Waals surface area contributed by atoms with Gasteiger partial charge in [0, 0.05) is 19.2 Å². The molecule has 2 unspecified atom stereocenters. The highest BCUT2D eigenvalue weighted by Crippen LogP contribution is 2.26. The number of rotatable bonds is 3. The Labute approximate surface area is 116 Å². The van der Waals surface area contributed by atoms with Crippen molar-refractivity contribution in [1.29, 1.82) is 0 Å². The molecule has 1 aliphatic heterocycles. The van der Waals surface area contributed by atoms with Gasteiger partial charge in [-0.1, -0.05) is 24.6 Å². The molecule has 5 nitrogen and oxygen atoms in total. The molecule has 1 aromatic carbocycles. The summed E-state index contributed by atoms with van der Waals surface area (Å²) in [4.78, 5) is 12.5. The first-order valence-corrected chi connectivity index (χ1v) is 6.68. The summed E-state index contributed by atoms with van der Waals surface area (Å²) in [5.41, 5.74) is 0.781. The molecule has 0 aliphatic carbocycles. The fourth-order valence-corrected chi connectivity index (χ4v) is 2.50. The number of likely N-dealkylation sites (tertiary alicyclic amines) is 1. The van der Waals surface area contributed by atoms with Crippen LogP contribution in [0.2, 0.25) is 5.02 Å². The van der Waals surface area contributed by atoms with Gasteiger partial charge in [0.05, 0.1) is 11.0 Å². The number of aliphatic hydroxyl groups excluding tert-OH is 1. The fourth-order valence-electron chi connectivity index (χ4n) is 2.31. The Morgan fingerprint density at radius 1 is 1.58 bits per heavy atom. The van der Waals surface area contributed by atoms with E-state index in [0.29, 0.717) is 19.0 Å². The van der Waals surface area contributed by atoms with Gasteiger partial charge < -0.3 is 5.11 Å². The molecule has 0 saturated carbocycles. The van der Waals surface area contributed by atoms with Crippen LogP contribution in [-0.4, -0.2) is 34.1 Å². The summed E-state index contributed by atoms with van der Waals surface area (Å²) < 4.78 is 0. The molecule has 1 aromatic rings. The number of nitro benzene ring substituents is 1. The van der Waals surface area contributed by atoms with Crippen molar-refractivity contribution < 1.29 is 10.0 Å². The van der Waals surface area contributed by atoms with Gasteiger partial charge >= 0.3 is 0 Å². The Morgan fingerprint density at radius 3 is 2.95 bits per heavy atom. The third-order valence-corrected chi connectivity index (χ3v) is 3.94. The number of nitro groups is 1. The SMILES string of the molecule is CC1CCN(Cc2ccc(Cl)c([N+](=O)[O-])c2)CC1O. The zero-order valence-corrected chi connectivity index (χ0v) is 11.5. The molecule has 1 fully saturated rings. The Balaban J connectivity index is 2.07. The quantitative estimate of drug-likeness (QED) is 0.684. The lowest BCUT2D eigenvalue weighted by molar-refractivity contribution is -0.384. The Bertz CT molecular complexity index is 481. The van der Waals surface area contributed by atoms with Crippen molar-refractivity contribution in [1.82, 2.24) is 4.90 Å². The average molecular weight is 285 g/mol. The van der Waals surface area contributed by atoms with E-state index in [2.05, 4.69) is 4.90 Å². The predicted octanol–water partition coefficient (Wildman–Crippen LogP) is 2.45. The van der Waals surface area contributed by atoms with E-state index in [9.17, 15) is 15.2 Å². The van der Waals surface area contributed by atoms with Crippen LogP contribution in [0.25, 0.3) is 0 Å². The topological polar surface area (TPSA) is 66.6 Å². The molecule has 104 valence electrons. The van der Waals surface area contributed by atoms with E-state index in [1.807, 2.05) is 6.92 Å². The molecule has 19 heavy (non-hydrogen) atoms. The van der Waals surface area contributed by atoms with Crippen LogP contribution in [0.15, 0.2) is 18.2 Å². The highest BCUT2D eigenvalue weighted by atomic mass is 35.5. The van der Waals surface area contributed by atoms with Crippen molar-refractivity contribution in [3.05, 3.63) is 38.9 Å². The Hall–Kier alpha value is -1.17. The molecule has 0 spiro atoms. The van der Waals surface area contributed by atoms with E-state index in [0.717, 1.165) is 18.5 Å². The second-order valence-electron chi connectivity index (χ2n) is 5.11. The summed E-state index contributed by atoms with van der Waals surface area (Å²) in [6.07, 6.45) is 0.618. The number of hydrogen-bond donors (Lipinski definition) is 1. The molecule has 1 heterocycles. The molecule has 0 amide bonds. The Kier molecular flexibility index (Phi) is 4.39. The standard InChI is InChI=1S/C13H17ClN2O3/c1-9-4-5-15(8-13(9)17)7-10-2-3-11(14)12(6-10)16(18)19/h2-3,6,9,13,17H,4-5,7-8H2,1H3. The maximum atomic E-state index is 10.8. The number of hydrogen-bond acceptors (Lipinski definition) is 4. The van der Waals surface area contributed by atoms with Crippen LogP contribution in [-0.2, 0) is 6.54 Å². The highest BCUT2D eigenvalue weighted by Gasteiger charge is 2.24. The van der Waals surface area contributed by atoms with Gasteiger partial charge in [-0.25, -0.2) is 0 Å². The van der Waals surface area contributed by atoms with Crippen molar-refractivity contribution in [2.24, 2.45) is 5.92 Å². The van der Waals surface area contributed by atoms with Gasteiger partial charge in [0.15, 0.2) is 0 Å². The number of piperidine rings is 1. The average Bonchev–Trinajstić information content (AvgIpc) is 2.36. The van der Waals surface area contributed by atoms with Crippen LogP contribution < -0.4 is 0 Å². The lowest BCUT2D eigenvalue weighted by Crippen LogP contribution is -2.42. The van der Waals surface area contributed by atoms with Crippen LogP contribution in [0.4, 0.5) is 5.69 Å². The van der Waals surface area contributed by atoms with Gasteiger partial charge in [0.25, 0.3) is 5.69 Å². The molecule has 2 rings (SSSR count). The minimum atomic E-state index is -0.473. The number of halogens is 1. The summed E-state index contributed by atoms with van der Waals surface area (Å²) in [5.74, 6) is 0.316. The number of benzene rings is 1. The zero-order valence-electron chi connectivity index (χ0n) is 10.8. The molecule has 0 aromatic heterocycles. The molecule has 1 N–H and O–H groups in total. The highest BCUT2D eigenvalue weighted by molar-refractivity contribution is 6.32. The Morgan fingerprint density at radius 2 is 2.32 bits per heavy atom. The second-order valence-corrected chi connectivity index (χ2v) is 5.52. The third kappa shape index (κ3) is 3.43. The van der Waals surface area contributed by atoms with Crippen LogP contribution >= 0.6 is 11.6 Å². The van der Waals surface area contributed by atoms with Crippen LogP contribution in [0, 0.1) is 16.0 Å². The molecular weight excluding hydrogens is 268 g/mol. The summed E-state index contributed by atoms with van der Waals surface area (Å²) in [6, 6.07) is 4.85. The molecule has 2 atom stereocenters. The van der Waals surface area contributed by atoms with E-state index in [1.54, 1.807) is 12.1 Å². The van der Waals surface area contributed by atoms with Crippen molar-refractivity contribution in [2.75, 3.05) is 13.1 Å². The van der Waals surface area contributed by atoms with Gasteiger partial charge in [0.1, 0.15) is 5.02 Å². The lowest BCUT2D eigenvalue weighted by atomic mass is 9.96. The molecular formula is C13H17ClN2O3. The first-order chi connectivity index (χ1) is 8.97. The van der Waals surface area contributed by atoms with E-state index >= 15 is 0 Å². The van der Waals surface area contributed by atoms with E-state index in [4.69, 9.17) is 11.6 Å². The largest absolute Gasteiger partial charge is 0.392 e. The van der Waals surface area contributed by atoms with Gasteiger partial charge in [-0.3, -0.25) is 15.0 Å². The van der Waals surface area contributed by atoms with Crippen molar-refractivity contribution in [3.8, 4) is 0 Å². The smallest absolute Gasteiger partial charge is 0.288 e. The minimum absolute atomic E-state index is 0.0647. The van der Waals surface area contributed by atoms with Gasteiger partial charge in [-0.2, -0.15) is 0 Å². The maximum Gasteiger partial charge on any atom is 0.288 e. The summed E-state index contributed by atoms with van der Waals surface area (Å²) in [5, 5.41) is 20.8. The van der Waals surface area contributed by atoms with Crippen molar-refractivity contribution >= 4 is 17.3 Å². The van der Waals surface area contributed by atoms with Crippen molar-refractivity contribution in [2.45, 2.75) is 26.0 Å². The molecule has 6 heteroatoms. The van der Waals surface area contributed by atoms with E-state index < -0.39 is 4.92 Å². The van der Waals surface area contributed by atoms with E-state index in [-0.39, 0.29) is 16.8 Å².